The van der Waals surface area contributed by atoms with Crippen LogP contribution in [0.15, 0.2) is 49.1 Å². The Morgan fingerprint density at radius 3 is 2.76 bits per heavy atom. The lowest BCUT2D eigenvalue weighted by atomic mass is 10.0. The number of aromatic nitrogens is 3. The van der Waals surface area contributed by atoms with E-state index in [1.807, 2.05) is 49.3 Å². The van der Waals surface area contributed by atoms with Gasteiger partial charge in [0.25, 0.3) is 5.91 Å². The number of aryl methyl sites for hydroxylation is 1. The quantitative estimate of drug-likeness (QED) is 0.603. The van der Waals surface area contributed by atoms with Crippen molar-refractivity contribution in [2.45, 2.75) is 44.4 Å². The number of hydrogen-bond acceptors (Lipinski definition) is 5. The van der Waals surface area contributed by atoms with Crippen molar-refractivity contribution in [2.24, 2.45) is 0 Å². The monoisotopic (exact) mass is 448 g/mol. The predicted molar refractivity (Wildman–Crippen MR) is 126 cm³/mol. The minimum absolute atomic E-state index is 0.0471. The Balaban J connectivity index is 1.35. The van der Waals surface area contributed by atoms with Crippen LogP contribution < -0.4 is 10.6 Å². The minimum atomic E-state index is -0.914. The van der Waals surface area contributed by atoms with Crippen LogP contribution in [0, 0.1) is 6.92 Å². The Morgan fingerprint density at radius 1 is 1.12 bits per heavy atom. The number of amides is 1. The van der Waals surface area contributed by atoms with Crippen molar-refractivity contribution in [2.75, 3.05) is 25.5 Å². The Hall–Kier alpha value is -3.26. The molecule has 3 heterocycles. The van der Waals surface area contributed by atoms with Crippen LogP contribution in [0.5, 0.6) is 0 Å². The number of rotatable bonds is 6. The van der Waals surface area contributed by atoms with Crippen LogP contribution in [0.4, 0.5) is 10.1 Å². The molecule has 172 valence electrons. The summed E-state index contributed by atoms with van der Waals surface area (Å²) in [7, 11) is 1.94. The van der Waals surface area contributed by atoms with Crippen molar-refractivity contribution in [3.05, 3.63) is 60.2 Å². The van der Waals surface area contributed by atoms with E-state index in [9.17, 15) is 9.18 Å². The van der Waals surface area contributed by atoms with E-state index in [1.54, 1.807) is 23.3 Å². The molecule has 1 amide bonds. The molecule has 2 aliphatic rings. The highest BCUT2D eigenvalue weighted by atomic mass is 19.1. The molecule has 7 nitrogen and oxygen atoms in total. The van der Waals surface area contributed by atoms with E-state index in [2.05, 4.69) is 20.7 Å². The number of nitrogens with zero attached hydrogens (tertiary/aromatic N) is 4. The van der Waals surface area contributed by atoms with Crippen LogP contribution in [0.25, 0.3) is 16.8 Å². The molecule has 0 bridgehead atoms. The second-order valence-electron chi connectivity index (χ2n) is 9.20. The average molecular weight is 449 g/mol. The average Bonchev–Trinajstić information content (AvgIpc) is 3.48. The first kappa shape index (κ1) is 21.6. The van der Waals surface area contributed by atoms with E-state index in [4.69, 9.17) is 0 Å². The van der Waals surface area contributed by atoms with Gasteiger partial charge in [0.2, 0.25) is 0 Å². The number of carbonyl (C=O) groups is 1. The summed E-state index contributed by atoms with van der Waals surface area (Å²) in [6.45, 7) is 3.31. The van der Waals surface area contributed by atoms with Crippen LogP contribution >= 0.6 is 0 Å². The highest BCUT2D eigenvalue weighted by molar-refractivity contribution is 5.95. The van der Waals surface area contributed by atoms with Gasteiger partial charge in [-0.25, -0.2) is 9.07 Å². The molecular weight excluding hydrogens is 419 g/mol. The first-order valence-corrected chi connectivity index (χ1v) is 11.5. The predicted octanol–water partition coefficient (Wildman–Crippen LogP) is 3.59. The van der Waals surface area contributed by atoms with Crippen molar-refractivity contribution in [3.63, 3.8) is 0 Å². The van der Waals surface area contributed by atoms with Crippen LogP contribution in [-0.2, 0) is 0 Å². The summed E-state index contributed by atoms with van der Waals surface area (Å²) in [4.78, 5) is 18.8. The number of halogens is 1. The number of hydrogen-bond donors (Lipinski definition) is 2. The summed E-state index contributed by atoms with van der Waals surface area (Å²) in [5.74, 6) is -0.0471. The van der Waals surface area contributed by atoms with Gasteiger partial charge in [0, 0.05) is 54.4 Å². The fourth-order valence-corrected chi connectivity index (χ4v) is 4.21. The molecule has 2 atom stereocenters. The Kier molecular flexibility index (Phi) is 5.85. The standard InChI is InChI=1S/C25H29FN6O/c1-16-3-4-17(25(33)30-20-5-6-20)10-24(16)32-14-19(12-28-32)18-9-21(13-27-11-18)29-23-7-8-31(2)15-22(23)26/h3-4,9-14,20,22-23,29H,5-8,15H2,1-2H3,(H,30,33)/t22?,23-/m0/s1. The Bertz CT molecular complexity index is 1160. The third-order valence-electron chi connectivity index (χ3n) is 6.38. The highest BCUT2D eigenvalue weighted by Crippen LogP contribution is 2.26. The van der Waals surface area contributed by atoms with E-state index in [0.717, 1.165) is 53.9 Å². The number of anilines is 1. The third-order valence-corrected chi connectivity index (χ3v) is 6.38. The molecule has 1 aliphatic carbocycles. The third kappa shape index (κ3) is 4.90. The molecule has 2 fully saturated rings. The van der Waals surface area contributed by atoms with Crippen LogP contribution in [-0.4, -0.2) is 64.0 Å². The topological polar surface area (TPSA) is 75.1 Å². The molecule has 2 aromatic heterocycles. The molecular formula is C25H29FN6O. The molecule has 33 heavy (non-hydrogen) atoms. The molecule has 1 aliphatic heterocycles. The number of nitrogens with one attached hydrogen (secondary N) is 2. The summed E-state index contributed by atoms with van der Waals surface area (Å²) >= 11 is 0. The van der Waals surface area contributed by atoms with Gasteiger partial charge in [-0.1, -0.05) is 6.07 Å². The zero-order valence-electron chi connectivity index (χ0n) is 19.0. The van der Waals surface area contributed by atoms with Gasteiger partial charge in [0.15, 0.2) is 0 Å². The maximum Gasteiger partial charge on any atom is 0.251 e. The number of carbonyl (C=O) groups excluding carboxylic acids is 1. The molecule has 3 aromatic rings. The number of piperidine rings is 1. The lowest BCUT2D eigenvalue weighted by molar-refractivity contribution is 0.0951. The summed E-state index contributed by atoms with van der Waals surface area (Å²) in [5.41, 5.74) is 5.11. The molecule has 2 N–H and O–H groups in total. The van der Waals surface area contributed by atoms with Crippen molar-refractivity contribution >= 4 is 11.6 Å². The largest absolute Gasteiger partial charge is 0.378 e. The van der Waals surface area contributed by atoms with Gasteiger partial charge in [-0.05, 0) is 57.0 Å². The fraction of sp³-hybridized carbons (Fsp3) is 0.400. The minimum Gasteiger partial charge on any atom is -0.378 e. The molecule has 0 radical (unpaired) electrons. The number of likely N-dealkylation sites (tertiary alicyclic amines) is 1. The lowest BCUT2D eigenvalue weighted by Gasteiger charge is -2.33. The summed E-state index contributed by atoms with van der Waals surface area (Å²) in [6, 6.07) is 7.75. The van der Waals surface area contributed by atoms with Crippen LogP contribution in [0.2, 0.25) is 0 Å². The highest BCUT2D eigenvalue weighted by Gasteiger charge is 2.27. The molecule has 0 spiro atoms. The maximum atomic E-state index is 14.4. The van der Waals surface area contributed by atoms with Crippen molar-refractivity contribution in [1.29, 1.82) is 0 Å². The van der Waals surface area contributed by atoms with Crippen LogP contribution in [0.3, 0.4) is 0 Å². The maximum absolute atomic E-state index is 14.4. The molecule has 1 unspecified atom stereocenters. The van der Waals surface area contributed by atoms with E-state index < -0.39 is 6.17 Å². The van der Waals surface area contributed by atoms with E-state index in [0.29, 0.717) is 18.2 Å². The Labute approximate surface area is 193 Å². The molecule has 1 saturated carbocycles. The van der Waals surface area contributed by atoms with E-state index in [-0.39, 0.29) is 11.9 Å². The molecule has 1 aromatic carbocycles. The SMILES string of the molecule is Cc1ccc(C(=O)NC2CC2)cc1-n1cc(-c2cncc(N[C@H]3CCN(C)CC3F)c2)cn1. The van der Waals surface area contributed by atoms with Gasteiger partial charge >= 0.3 is 0 Å². The van der Waals surface area contributed by atoms with Gasteiger partial charge in [0.1, 0.15) is 6.17 Å². The molecule has 1 saturated heterocycles. The second-order valence-corrected chi connectivity index (χ2v) is 9.20. The normalized spacial score (nSPS) is 21.1. The second kappa shape index (κ2) is 8.94. The number of pyridine rings is 1. The van der Waals surface area contributed by atoms with E-state index in [1.165, 1.54) is 0 Å². The van der Waals surface area contributed by atoms with Crippen molar-refractivity contribution in [3.8, 4) is 16.8 Å². The van der Waals surface area contributed by atoms with Gasteiger partial charge < -0.3 is 15.5 Å². The van der Waals surface area contributed by atoms with Gasteiger partial charge in [-0.15, -0.1) is 0 Å². The summed E-state index contributed by atoms with van der Waals surface area (Å²) in [5, 5.41) is 10.9. The lowest BCUT2D eigenvalue weighted by Crippen LogP contribution is -2.46. The molecule has 5 rings (SSSR count). The first-order valence-electron chi connectivity index (χ1n) is 11.5. The van der Waals surface area contributed by atoms with Crippen LogP contribution in [0.1, 0.15) is 35.2 Å². The number of alkyl halides is 1. The van der Waals surface area contributed by atoms with E-state index >= 15 is 0 Å². The van der Waals surface area contributed by atoms with Gasteiger partial charge in [0.05, 0.1) is 23.6 Å². The fourth-order valence-electron chi connectivity index (χ4n) is 4.21. The Morgan fingerprint density at radius 2 is 1.97 bits per heavy atom. The zero-order valence-corrected chi connectivity index (χ0v) is 19.0. The van der Waals surface area contributed by atoms with Crippen molar-refractivity contribution < 1.29 is 9.18 Å². The smallest absolute Gasteiger partial charge is 0.251 e. The number of benzene rings is 1. The molecule has 8 heteroatoms. The van der Waals surface area contributed by atoms with Crippen molar-refractivity contribution in [1.82, 2.24) is 25.0 Å². The van der Waals surface area contributed by atoms with Gasteiger partial charge in [-0.2, -0.15) is 5.10 Å². The summed E-state index contributed by atoms with van der Waals surface area (Å²) < 4.78 is 16.2. The van der Waals surface area contributed by atoms with Gasteiger partial charge in [-0.3, -0.25) is 9.78 Å². The zero-order chi connectivity index (χ0) is 22.9. The first-order chi connectivity index (χ1) is 16.0. The summed E-state index contributed by atoms with van der Waals surface area (Å²) in [6.07, 6.45) is 9.17.